The van der Waals surface area contributed by atoms with E-state index < -0.39 is 16.0 Å². The molecule has 0 bridgehead atoms. The van der Waals surface area contributed by atoms with Gasteiger partial charge in [0.2, 0.25) is 10.0 Å². The van der Waals surface area contributed by atoms with E-state index in [2.05, 4.69) is 5.32 Å². The summed E-state index contributed by atoms with van der Waals surface area (Å²) in [5.74, 6) is -0.956. The van der Waals surface area contributed by atoms with Crippen molar-refractivity contribution in [2.24, 2.45) is 0 Å². The van der Waals surface area contributed by atoms with Crippen LogP contribution in [-0.4, -0.2) is 42.9 Å². The van der Waals surface area contributed by atoms with E-state index in [1.54, 1.807) is 48.5 Å². The minimum Gasteiger partial charge on any atom is -0.478 e. The largest absolute Gasteiger partial charge is 0.478 e. The molecular weight excluding hydrogens is 340 g/mol. The molecule has 0 aromatic heterocycles. The zero-order valence-corrected chi connectivity index (χ0v) is 14.4. The van der Waals surface area contributed by atoms with Gasteiger partial charge < -0.3 is 10.4 Å². The lowest BCUT2D eigenvalue weighted by atomic mass is 10.1. The zero-order valence-electron chi connectivity index (χ0n) is 13.6. The topological polar surface area (TPSA) is 86.7 Å². The smallest absolute Gasteiger partial charge is 0.335 e. The number of hydrogen-bond donors (Lipinski definition) is 2. The quantitative estimate of drug-likeness (QED) is 0.822. The van der Waals surface area contributed by atoms with Gasteiger partial charge in [-0.2, -0.15) is 4.31 Å². The molecule has 0 radical (unpaired) electrons. The molecule has 1 aliphatic rings. The molecule has 1 heterocycles. The van der Waals surface area contributed by atoms with Gasteiger partial charge in [-0.1, -0.05) is 30.3 Å². The summed E-state index contributed by atoms with van der Waals surface area (Å²) in [5, 5.41) is 12.3. The highest BCUT2D eigenvalue weighted by atomic mass is 32.2. The van der Waals surface area contributed by atoms with Crippen molar-refractivity contribution >= 4 is 16.0 Å². The normalized spacial score (nSPS) is 18.3. The Hall–Kier alpha value is -2.22. The highest BCUT2D eigenvalue weighted by Crippen LogP contribution is 2.21. The summed E-state index contributed by atoms with van der Waals surface area (Å²) in [6.07, 6.45) is 0.727. The van der Waals surface area contributed by atoms with Gasteiger partial charge in [-0.25, -0.2) is 13.2 Å². The molecule has 7 heteroatoms. The molecule has 1 saturated heterocycles. The van der Waals surface area contributed by atoms with Crippen molar-refractivity contribution in [3.63, 3.8) is 0 Å². The molecule has 1 fully saturated rings. The van der Waals surface area contributed by atoms with Crippen molar-refractivity contribution in [3.05, 3.63) is 65.7 Å². The first kappa shape index (κ1) is 17.6. The molecule has 25 heavy (non-hydrogen) atoms. The fraction of sp³-hybridized carbons (Fsp3) is 0.278. The second kappa shape index (κ2) is 7.35. The number of nitrogens with zero attached hydrogens (tertiary/aromatic N) is 1. The predicted molar refractivity (Wildman–Crippen MR) is 93.8 cm³/mol. The Labute approximate surface area is 147 Å². The molecule has 132 valence electrons. The van der Waals surface area contributed by atoms with Gasteiger partial charge in [0.25, 0.3) is 0 Å². The Bertz CT molecular complexity index is 852. The summed E-state index contributed by atoms with van der Waals surface area (Å²) < 4.78 is 26.7. The molecule has 3 rings (SSSR count). The van der Waals surface area contributed by atoms with Crippen LogP contribution >= 0.6 is 0 Å². The van der Waals surface area contributed by atoms with Crippen molar-refractivity contribution in [1.82, 2.24) is 9.62 Å². The number of rotatable bonds is 6. The molecule has 0 saturated carbocycles. The van der Waals surface area contributed by atoms with Gasteiger partial charge in [-0.05, 0) is 36.2 Å². The Kier molecular flexibility index (Phi) is 5.17. The average Bonchev–Trinajstić information content (AvgIpc) is 3.11. The van der Waals surface area contributed by atoms with Crippen LogP contribution in [0.4, 0.5) is 0 Å². The second-order valence-electron chi connectivity index (χ2n) is 6.05. The summed E-state index contributed by atoms with van der Waals surface area (Å²) in [6, 6.07) is 15.2. The molecule has 0 aliphatic carbocycles. The molecular formula is C18H20N2O4S. The van der Waals surface area contributed by atoms with E-state index in [1.165, 1.54) is 4.31 Å². The molecule has 2 aromatic carbocycles. The molecule has 1 aliphatic heterocycles. The van der Waals surface area contributed by atoms with E-state index in [4.69, 9.17) is 5.11 Å². The second-order valence-corrected chi connectivity index (χ2v) is 7.99. The molecule has 2 N–H and O–H groups in total. The maximum absolute atomic E-state index is 12.6. The minimum absolute atomic E-state index is 0.0481. The lowest BCUT2D eigenvalue weighted by Gasteiger charge is -2.17. The van der Waals surface area contributed by atoms with Gasteiger partial charge in [-0.15, -0.1) is 0 Å². The van der Waals surface area contributed by atoms with Crippen LogP contribution < -0.4 is 5.32 Å². The number of benzene rings is 2. The Morgan fingerprint density at radius 1 is 1.16 bits per heavy atom. The summed E-state index contributed by atoms with van der Waals surface area (Å²) in [4.78, 5) is 11.3. The van der Waals surface area contributed by atoms with E-state index in [0.29, 0.717) is 24.5 Å². The van der Waals surface area contributed by atoms with E-state index in [0.717, 1.165) is 12.0 Å². The standard InChI is InChI=1S/C18H20N2O4S/c21-18(22)15-6-4-5-14(11-15)12-19-16-9-10-20(13-16)25(23,24)17-7-2-1-3-8-17/h1-8,11,16,19H,9-10,12-13H2,(H,21,22)/t16-/m0/s1. The Balaban J connectivity index is 1.60. The first-order valence-electron chi connectivity index (χ1n) is 8.07. The van der Waals surface area contributed by atoms with Crippen molar-refractivity contribution < 1.29 is 18.3 Å². The van der Waals surface area contributed by atoms with Gasteiger partial charge >= 0.3 is 5.97 Å². The summed E-state index contributed by atoms with van der Waals surface area (Å²) in [6.45, 7) is 1.39. The molecule has 1 atom stereocenters. The van der Waals surface area contributed by atoms with Crippen LogP contribution in [-0.2, 0) is 16.6 Å². The van der Waals surface area contributed by atoms with Crippen LogP contribution in [0.5, 0.6) is 0 Å². The first-order chi connectivity index (χ1) is 12.0. The number of carboxylic acid groups (broad SMARTS) is 1. The van der Waals surface area contributed by atoms with Gasteiger partial charge in [0.1, 0.15) is 0 Å². The third kappa shape index (κ3) is 4.07. The van der Waals surface area contributed by atoms with Crippen LogP contribution in [0.1, 0.15) is 22.3 Å². The summed E-state index contributed by atoms with van der Waals surface area (Å²) >= 11 is 0. The molecule has 0 spiro atoms. The van der Waals surface area contributed by atoms with Crippen molar-refractivity contribution in [2.75, 3.05) is 13.1 Å². The highest BCUT2D eigenvalue weighted by Gasteiger charge is 2.32. The van der Waals surface area contributed by atoms with Gasteiger partial charge in [-0.3, -0.25) is 0 Å². The van der Waals surface area contributed by atoms with Crippen LogP contribution in [0.25, 0.3) is 0 Å². The lowest BCUT2D eigenvalue weighted by Crippen LogP contribution is -2.34. The van der Waals surface area contributed by atoms with Crippen LogP contribution in [0.15, 0.2) is 59.5 Å². The monoisotopic (exact) mass is 360 g/mol. The zero-order chi connectivity index (χ0) is 17.9. The molecule has 0 unspecified atom stereocenters. The number of hydrogen-bond acceptors (Lipinski definition) is 4. The number of carbonyl (C=O) groups is 1. The predicted octanol–water partition coefficient (Wildman–Crippen LogP) is 1.94. The third-order valence-electron chi connectivity index (χ3n) is 4.30. The highest BCUT2D eigenvalue weighted by molar-refractivity contribution is 7.89. The molecule has 6 nitrogen and oxygen atoms in total. The lowest BCUT2D eigenvalue weighted by molar-refractivity contribution is 0.0696. The van der Waals surface area contributed by atoms with Crippen LogP contribution in [0.3, 0.4) is 0 Å². The fourth-order valence-electron chi connectivity index (χ4n) is 2.93. The van der Waals surface area contributed by atoms with Gasteiger partial charge in [0.15, 0.2) is 0 Å². The van der Waals surface area contributed by atoms with Crippen molar-refractivity contribution in [3.8, 4) is 0 Å². The number of carboxylic acids is 1. The maximum Gasteiger partial charge on any atom is 0.335 e. The van der Waals surface area contributed by atoms with E-state index in [9.17, 15) is 13.2 Å². The number of sulfonamides is 1. The van der Waals surface area contributed by atoms with Crippen molar-refractivity contribution in [2.45, 2.75) is 23.9 Å². The van der Waals surface area contributed by atoms with E-state index in [1.807, 2.05) is 6.07 Å². The van der Waals surface area contributed by atoms with Crippen LogP contribution in [0.2, 0.25) is 0 Å². The van der Waals surface area contributed by atoms with Crippen LogP contribution in [0, 0.1) is 0 Å². The average molecular weight is 360 g/mol. The summed E-state index contributed by atoms with van der Waals surface area (Å²) in [7, 11) is -3.46. The molecule has 2 aromatic rings. The Morgan fingerprint density at radius 3 is 2.64 bits per heavy atom. The minimum atomic E-state index is -3.46. The number of nitrogens with one attached hydrogen (secondary N) is 1. The Morgan fingerprint density at radius 2 is 1.92 bits per heavy atom. The number of aromatic carboxylic acids is 1. The van der Waals surface area contributed by atoms with E-state index >= 15 is 0 Å². The van der Waals surface area contributed by atoms with Gasteiger partial charge in [0, 0.05) is 25.7 Å². The van der Waals surface area contributed by atoms with E-state index in [-0.39, 0.29) is 11.6 Å². The third-order valence-corrected chi connectivity index (χ3v) is 6.18. The summed E-state index contributed by atoms with van der Waals surface area (Å²) in [5.41, 5.74) is 1.11. The maximum atomic E-state index is 12.6. The van der Waals surface area contributed by atoms with Gasteiger partial charge in [0.05, 0.1) is 10.5 Å². The first-order valence-corrected chi connectivity index (χ1v) is 9.51. The SMILES string of the molecule is O=C(O)c1cccc(CN[C@H]2CCN(S(=O)(=O)c3ccccc3)C2)c1. The fourth-order valence-corrected chi connectivity index (χ4v) is 4.45. The van der Waals surface area contributed by atoms with Crippen molar-refractivity contribution in [1.29, 1.82) is 0 Å². The molecule has 0 amide bonds.